The van der Waals surface area contributed by atoms with E-state index in [1.165, 1.54) is 0 Å². The number of hydrogen-bond acceptors (Lipinski definition) is 4. The summed E-state index contributed by atoms with van der Waals surface area (Å²) in [5, 5.41) is 0. The summed E-state index contributed by atoms with van der Waals surface area (Å²) < 4.78 is 11.5. The lowest BCUT2D eigenvalue weighted by atomic mass is 10.0. The number of halogens is 1. The Bertz CT molecular complexity index is 671. The third-order valence-corrected chi connectivity index (χ3v) is 3.48. The van der Waals surface area contributed by atoms with E-state index in [0.29, 0.717) is 34.9 Å². The van der Waals surface area contributed by atoms with Gasteiger partial charge in [-0.1, -0.05) is 15.9 Å². The zero-order chi connectivity index (χ0) is 15.4. The number of carbonyl (C=O) groups is 1. The van der Waals surface area contributed by atoms with Crippen LogP contribution in [0.25, 0.3) is 0 Å². The van der Waals surface area contributed by atoms with Crippen LogP contribution in [0.1, 0.15) is 22.8 Å². The summed E-state index contributed by atoms with van der Waals surface area (Å²) in [5.41, 5.74) is 7.18. The highest BCUT2D eigenvalue weighted by Crippen LogP contribution is 2.29. The summed E-state index contributed by atoms with van der Waals surface area (Å²) in [6, 6.07) is 10.3. The molecular formula is C16H16BrNO3. The van der Waals surface area contributed by atoms with E-state index in [1.54, 1.807) is 37.4 Å². The van der Waals surface area contributed by atoms with E-state index >= 15 is 0 Å². The van der Waals surface area contributed by atoms with Crippen molar-refractivity contribution < 1.29 is 14.3 Å². The number of ether oxygens (including phenoxy) is 2. The molecule has 2 aromatic carbocycles. The molecule has 110 valence electrons. The molecule has 0 aliphatic heterocycles. The van der Waals surface area contributed by atoms with Crippen LogP contribution in [0.3, 0.4) is 0 Å². The van der Waals surface area contributed by atoms with Crippen LogP contribution in [0.5, 0.6) is 11.5 Å². The summed E-state index contributed by atoms with van der Waals surface area (Å²) in [6.45, 7) is 2.35. The summed E-state index contributed by atoms with van der Waals surface area (Å²) in [5.74, 6) is 0.921. The molecule has 0 aliphatic carbocycles. The summed E-state index contributed by atoms with van der Waals surface area (Å²) in [4.78, 5) is 12.7. The average molecular weight is 350 g/mol. The monoisotopic (exact) mass is 349 g/mol. The molecule has 4 nitrogen and oxygen atoms in total. The van der Waals surface area contributed by atoms with E-state index in [0.717, 1.165) is 4.47 Å². The van der Waals surface area contributed by atoms with Crippen LogP contribution in [-0.4, -0.2) is 19.5 Å². The average Bonchev–Trinajstić information content (AvgIpc) is 2.49. The topological polar surface area (TPSA) is 61.5 Å². The second-order valence-electron chi connectivity index (χ2n) is 4.36. The normalized spacial score (nSPS) is 10.2. The molecule has 0 radical (unpaired) electrons. The molecule has 0 bridgehead atoms. The van der Waals surface area contributed by atoms with E-state index in [2.05, 4.69) is 15.9 Å². The van der Waals surface area contributed by atoms with Crippen molar-refractivity contribution in [2.75, 3.05) is 19.5 Å². The van der Waals surface area contributed by atoms with Gasteiger partial charge < -0.3 is 15.2 Å². The Morgan fingerprint density at radius 3 is 2.62 bits per heavy atom. The lowest BCUT2D eigenvalue weighted by Gasteiger charge is -2.12. The third-order valence-electron chi connectivity index (χ3n) is 2.99. The Morgan fingerprint density at radius 2 is 1.95 bits per heavy atom. The molecule has 0 amide bonds. The maximum atomic E-state index is 12.7. The fourth-order valence-electron chi connectivity index (χ4n) is 1.97. The molecule has 2 rings (SSSR count). The van der Waals surface area contributed by atoms with E-state index < -0.39 is 0 Å². The van der Waals surface area contributed by atoms with Gasteiger partial charge in [-0.3, -0.25) is 4.79 Å². The Hall–Kier alpha value is -2.01. The van der Waals surface area contributed by atoms with Crippen LogP contribution in [0.4, 0.5) is 5.69 Å². The number of carbonyl (C=O) groups excluding carboxylic acids is 1. The van der Waals surface area contributed by atoms with Gasteiger partial charge in [0.15, 0.2) is 5.78 Å². The number of benzene rings is 2. The smallest absolute Gasteiger partial charge is 0.198 e. The molecule has 0 atom stereocenters. The van der Waals surface area contributed by atoms with Gasteiger partial charge in [0.25, 0.3) is 0 Å². The maximum Gasteiger partial charge on any atom is 0.198 e. The number of methoxy groups -OCH3 is 1. The van der Waals surface area contributed by atoms with Crippen LogP contribution < -0.4 is 15.2 Å². The van der Waals surface area contributed by atoms with E-state index in [9.17, 15) is 4.79 Å². The van der Waals surface area contributed by atoms with E-state index in [4.69, 9.17) is 15.2 Å². The molecule has 0 unspecified atom stereocenters. The third kappa shape index (κ3) is 3.36. The molecule has 0 fully saturated rings. The van der Waals surface area contributed by atoms with Gasteiger partial charge in [-0.2, -0.15) is 0 Å². The van der Waals surface area contributed by atoms with Gasteiger partial charge in [-0.25, -0.2) is 0 Å². The van der Waals surface area contributed by atoms with E-state index in [-0.39, 0.29) is 5.78 Å². The molecule has 0 aromatic heterocycles. The molecule has 0 spiro atoms. The fraction of sp³-hybridized carbons (Fsp3) is 0.188. The van der Waals surface area contributed by atoms with Gasteiger partial charge >= 0.3 is 0 Å². The van der Waals surface area contributed by atoms with Crippen LogP contribution in [0, 0.1) is 0 Å². The van der Waals surface area contributed by atoms with Crippen LogP contribution in [-0.2, 0) is 0 Å². The molecule has 5 heteroatoms. The molecule has 0 heterocycles. The predicted molar refractivity (Wildman–Crippen MR) is 86.1 cm³/mol. The quantitative estimate of drug-likeness (QED) is 0.660. The molecule has 2 N–H and O–H groups in total. The lowest BCUT2D eigenvalue weighted by molar-refractivity contribution is 0.103. The van der Waals surface area contributed by atoms with Gasteiger partial charge in [0.05, 0.1) is 19.3 Å². The minimum atomic E-state index is -0.198. The zero-order valence-electron chi connectivity index (χ0n) is 11.9. The SMILES string of the molecule is CCOc1ccc(Br)cc1C(=O)c1cc(OC)ccc1N. The zero-order valence-corrected chi connectivity index (χ0v) is 13.4. The molecular weight excluding hydrogens is 334 g/mol. The standard InChI is InChI=1S/C16H16BrNO3/c1-3-21-15-7-4-10(17)8-13(15)16(19)12-9-11(20-2)5-6-14(12)18/h4-9H,3,18H2,1-2H3. The first-order valence-electron chi connectivity index (χ1n) is 6.47. The fourth-order valence-corrected chi connectivity index (χ4v) is 2.33. The lowest BCUT2D eigenvalue weighted by Crippen LogP contribution is -2.08. The van der Waals surface area contributed by atoms with Gasteiger partial charge in [0.2, 0.25) is 0 Å². The first-order chi connectivity index (χ1) is 10.1. The van der Waals surface area contributed by atoms with Crippen LogP contribution >= 0.6 is 15.9 Å². The van der Waals surface area contributed by atoms with Crippen molar-refractivity contribution in [1.29, 1.82) is 0 Å². The van der Waals surface area contributed by atoms with Gasteiger partial charge in [0.1, 0.15) is 11.5 Å². The Balaban J connectivity index is 2.51. The van der Waals surface area contributed by atoms with Crippen molar-refractivity contribution in [3.63, 3.8) is 0 Å². The van der Waals surface area contributed by atoms with Crippen molar-refractivity contribution >= 4 is 27.4 Å². The molecule has 0 saturated carbocycles. The Labute approximate surface area is 132 Å². The first kappa shape index (κ1) is 15.4. The van der Waals surface area contributed by atoms with Crippen LogP contribution in [0.15, 0.2) is 40.9 Å². The minimum absolute atomic E-state index is 0.198. The van der Waals surface area contributed by atoms with E-state index in [1.807, 2.05) is 13.0 Å². The summed E-state index contributed by atoms with van der Waals surface area (Å²) in [7, 11) is 1.55. The number of nitrogen functional groups attached to an aromatic ring is 1. The molecule has 0 saturated heterocycles. The van der Waals surface area contributed by atoms with Gasteiger partial charge in [-0.05, 0) is 43.3 Å². The highest BCUT2D eigenvalue weighted by molar-refractivity contribution is 9.10. The van der Waals surface area contributed by atoms with Crippen molar-refractivity contribution in [1.82, 2.24) is 0 Å². The second kappa shape index (κ2) is 6.63. The van der Waals surface area contributed by atoms with Crippen molar-refractivity contribution in [2.24, 2.45) is 0 Å². The number of hydrogen-bond donors (Lipinski definition) is 1. The molecule has 2 aromatic rings. The first-order valence-corrected chi connectivity index (χ1v) is 7.26. The van der Waals surface area contributed by atoms with Crippen LogP contribution in [0.2, 0.25) is 0 Å². The largest absolute Gasteiger partial charge is 0.497 e. The van der Waals surface area contributed by atoms with Crippen molar-refractivity contribution in [2.45, 2.75) is 6.92 Å². The Kier molecular flexibility index (Phi) is 4.85. The number of ketones is 1. The highest BCUT2D eigenvalue weighted by atomic mass is 79.9. The highest BCUT2D eigenvalue weighted by Gasteiger charge is 2.18. The number of anilines is 1. The second-order valence-corrected chi connectivity index (χ2v) is 5.27. The number of nitrogens with two attached hydrogens (primary N) is 1. The maximum absolute atomic E-state index is 12.7. The number of rotatable bonds is 5. The van der Waals surface area contributed by atoms with Crippen molar-refractivity contribution in [3.05, 3.63) is 52.0 Å². The van der Waals surface area contributed by atoms with Gasteiger partial charge in [-0.15, -0.1) is 0 Å². The molecule has 0 aliphatic rings. The minimum Gasteiger partial charge on any atom is -0.497 e. The van der Waals surface area contributed by atoms with Gasteiger partial charge in [0, 0.05) is 15.7 Å². The summed E-state index contributed by atoms with van der Waals surface area (Å²) >= 11 is 3.37. The Morgan fingerprint density at radius 1 is 1.19 bits per heavy atom. The predicted octanol–water partition coefficient (Wildman–Crippen LogP) is 3.67. The van der Waals surface area contributed by atoms with Crippen molar-refractivity contribution in [3.8, 4) is 11.5 Å². The summed E-state index contributed by atoms with van der Waals surface area (Å²) in [6.07, 6.45) is 0. The molecule has 21 heavy (non-hydrogen) atoms.